The van der Waals surface area contributed by atoms with Gasteiger partial charge in [-0.25, -0.2) is 0 Å². The number of anilines is 2. The SMILES string of the molecule is Br.Nc1ccc(O)c2c1C(=O)c1c(N)ccc(O)c1C2=O. The molecule has 3 rings (SSSR count). The number of nitrogen functional groups attached to an aromatic ring is 2. The van der Waals surface area contributed by atoms with Crippen LogP contribution >= 0.6 is 17.0 Å². The molecule has 0 atom stereocenters. The lowest BCUT2D eigenvalue weighted by molar-refractivity contribution is 0.0975. The highest BCUT2D eigenvalue weighted by Gasteiger charge is 2.36. The van der Waals surface area contributed by atoms with Crippen molar-refractivity contribution in [3.05, 3.63) is 46.5 Å². The van der Waals surface area contributed by atoms with E-state index in [-0.39, 0.29) is 62.1 Å². The molecule has 0 bridgehead atoms. The Morgan fingerprint density at radius 2 is 1.00 bits per heavy atom. The van der Waals surface area contributed by atoms with Crippen molar-refractivity contribution in [3.63, 3.8) is 0 Å². The fourth-order valence-corrected chi connectivity index (χ4v) is 2.41. The Balaban J connectivity index is 0.00000161. The first-order valence-corrected chi connectivity index (χ1v) is 5.75. The van der Waals surface area contributed by atoms with Crippen molar-refractivity contribution in [2.24, 2.45) is 0 Å². The predicted molar refractivity (Wildman–Crippen MR) is 82.2 cm³/mol. The molecule has 0 heterocycles. The van der Waals surface area contributed by atoms with Crippen LogP contribution in [0.2, 0.25) is 0 Å². The summed E-state index contributed by atoms with van der Waals surface area (Å²) in [5.74, 6) is -1.99. The number of aromatic hydroxyl groups is 2. The van der Waals surface area contributed by atoms with Crippen molar-refractivity contribution in [2.45, 2.75) is 0 Å². The number of carbonyl (C=O) groups is 2. The summed E-state index contributed by atoms with van der Waals surface area (Å²) >= 11 is 0. The number of hydrogen-bond donors (Lipinski definition) is 4. The fourth-order valence-electron chi connectivity index (χ4n) is 2.41. The van der Waals surface area contributed by atoms with E-state index in [9.17, 15) is 19.8 Å². The van der Waals surface area contributed by atoms with Crippen molar-refractivity contribution in [3.8, 4) is 11.5 Å². The average molecular weight is 351 g/mol. The summed E-state index contributed by atoms with van der Waals surface area (Å²) in [6.07, 6.45) is 0. The van der Waals surface area contributed by atoms with Gasteiger partial charge >= 0.3 is 0 Å². The number of hydrogen-bond acceptors (Lipinski definition) is 6. The molecule has 1 aliphatic carbocycles. The third kappa shape index (κ3) is 1.85. The van der Waals surface area contributed by atoms with Gasteiger partial charge in [0.2, 0.25) is 5.78 Å². The van der Waals surface area contributed by atoms with Gasteiger partial charge in [0.25, 0.3) is 0 Å². The summed E-state index contributed by atoms with van der Waals surface area (Å²) < 4.78 is 0. The molecule has 0 aliphatic heterocycles. The van der Waals surface area contributed by atoms with Gasteiger partial charge in [0, 0.05) is 11.4 Å². The largest absolute Gasteiger partial charge is 0.507 e. The van der Waals surface area contributed by atoms with Crippen LogP contribution in [0.25, 0.3) is 0 Å². The normalized spacial score (nSPS) is 12.4. The van der Waals surface area contributed by atoms with E-state index in [1.807, 2.05) is 0 Å². The zero-order valence-electron chi connectivity index (χ0n) is 10.6. The van der Waals surface area contributed by atoms with Gasteiger partial charge in [-0.3, -0.25) is 9.59 Å². The molecule has 1 aliphatic rings. The second kappa shape index (κ2) is 4.78. The van der Waals surface area contributed by atoms with Gasteiger partial charge in [0.1, 0.15) is 11.5 Å². The molecule has 0 radical (unpaired) electrons. The molecule has 0 amide bonds. The van der Waals surface area contributed by atoms with E-state index in [1.165, 1.54) is 24.3 Å². The maximum absolute atomic E-state index is 12.5. The smallest absolute Gasteiger partial charge is 0.202 e. The van der Waals surface area contributed by atoms with E-state index in [0.717, 1.165) is 0 Å². The van der Waals surface area contributed by atoms with Crippen molar-refractivity contribution in [1.82, 2.24) is 0 Å². The Morgan fingerprint density at radius 1 is 0.667 bits per heavy atom. The Labute approximate surface area is 129 Å². The van der Waals surface area contributed by atoms with Gasteiger partial charge in [0.05, 0.1) is 22.3 Å². The van der Waals surface area contributed by atoms with Crippen LogP contribution in [0, 0.1) is 0 Å². The van der Waals surface area contributed by atoms with Gasteiger partial charge in [-0.05, 0) is 24.3 Å². The molecule has 6 nitrogen and oxygen atoms in total. The molecule has 0 aromatic heterocycles. The molecule has 2 aromatic rings. The molecule has 0 fully saturated rings. The third-order valence-corrected chi connectivity index (χ3v) is 3.34. The van der Waals surface area contributed by atoms with Crippen molar-refractivity contribution < 1.29 is 19.8 Å². The standard InChI is InChI=1S/C14H10N2O4.BrH/c15-5-1-3-7(17)11-9(5)13(19)10-6(16)2-4-8(18)12(10)14(11)20;/h1-4,17-18H,15-16H2;1H. The highest BCUT2D eigenvalue weighted by Crippen LogP contribution is 2.40. The number of benzene rings is 2. The summed E-state index contributed by atoms with van der Waals surface area (Å²) in [6.45, 7) is 0. The first kappa shape index (κ1) is 14.9. The number of halogens is 1. The fraction of sp³-hybridized carbons (Fsp3) is 0. The molecular weight excluding hydrogens is 340 g/mol. The lowest BCUT2D eigenvalue weighted by Gasteiger charge is -2.21. The average Bonchev–Trinajstić information content (AvgIpc) is 2.41. The molecule has 0 unspecified atom stereocenters. The number of rotatable bonds is 0. The van der Waals surface area contributed by atoms with Gasteiger partial charge in [-0.1, -0.05) is 0 Å². The van der Waals surface area contributed by atoms with Crippen LogP contribution in [0.3, 0.4) is 0 Å². The van der Waals surface area contributed by atoms with Crippen LogP contribution in [-0.4, -0.2) is 21.8 Å². The topological polar surface area (TPSA) is 127 Å². The van der Waals surface area contributed by atoms with E-state index < -0.39 is 11.6 Å². The van der Waals surface area contributed by atoms with Crippen molar-refractivity contribution in [2.75, 3.05) is 11.5 Å². The lowest BCUT2D eigenvalue weighted by Crippen LogP contribution is -2.24. The van der Waals surface area contributed by atoms with E-state index in [4.69, 9.17) is 11.5 Å². The van der Waals surface area contributed by atoms with Gasteiger partial charge in [-0.2, -0.15) is 0 Å². The Kier molecular flexibility index (Phi) is 3.38. The highest BCUT2D eigenvalue weighted by molar-refractivity contribution is 8.93. The first-order valence-electron chi connectivity index (χ1n) is 5.75. The molecule has 108 valence electrons. The van der Waals surface area contributed by atoms with Crippen LogP contribution in [0.5, 0.6) is 11.5 Å². The molecule has 7 heteroatoms. The summed E-state index contributed by atoms with van der Waals surface area (Å²) in [5.41, 5.74) is 11.0. The number of ketones is 2. The second-order valence-electron chi connectivity index (χ2n) is 4.51. The minimum atomic E-state index is -0.677. The Morgan fingerprint density at radius 3 is 1.38 bits per heavy atom. The van der Waals surface area contributed by atoms with Crippen LogP contribution in [-0.2, 0) is 0 Å². The van der Waals surface area contributed by atoms with E-state index in [2.05, 4.69) is 0 Å². The van der Waals surface area contributed by atoms with Crippen LogP contribution in [0.1, 0.15) is 31.8 Å². The predicted octanol–water partition coefficient (Wildman–Crippen LogP) is 1.62. The number of fused-ring (bicyclic) bond motifs is 2. The maximum Gasteiger partial charge on any atom is 0.202 e. The zero-order valence-corrected chi connectivity index (χ0v) is 12.3. The van der Waals surface area contributed by atoms with Gasteiger partial charge in [0.15, 0.2) is 5.78 Å². The van der Waals surface area contributed by atoms with Crippen molar-refractivity contribution in [1.29, 1.82) is 0 Å². The monoisotopic (exact) mass is 350 g/mol. The molecule has 0 saturated carbocycles. The first-order chi connectivity index (χ1) is 9.43. The van der Waals surface area contributed by atoms with Gasteiger partial charge in [-0.15, -0.1) is 17.0 Å². The second-order valence-corrected chi connectivity index (χ2v) is 4.51. The van der Waals surface area contributed by atoms with E-state index in [0.29, 0.717) is 0 Å². The zero-order chi connectivity index (χ0) is 14.6. The van der Waals surface area contributed by atoms with Crippen molar-refractivity contribution >= 4 is 39.9 Å². The molecular formula is C14H11BrN2O4. The number of nitrogens with two attached hydrogens (primary N) is 2. The van der Waals surface area contributed by atoms with Gasteiger partial charge < -0.3 is 21.7 Å². The Bertz CT molecular complexity index is 673. The molecule has 21 heavy (non-hydrogen) atoms. The van der Waals surface area contributed by atoms with E-state index >= 15 is 0 Å². The molecule has 6 N–H and O–H groups in total. The number of phenolic OH excluding ortho intramolecular Hbond substituents is 2. The molecule has 0 spiro atoms. The summed E-state index contributed by atoms with van der Waals surface area (Å²) in [5, 5.41) is 19.6. The van der Waals surface area contributed by atoms with E-state index in [1.54, 1.807) is 0 Å². The molecule has 0 saturated heterocycles. The summed E-state index contributed by atoms with van der Waals surface area (Å²) in [7, 11) is 0. The Hall–Kier alpha value is -2.54. The minimum absolute atomic E-state index is 0. The van der Waals surface area contributed by atoms with Crippen LogP contribution in [0.15, 0.2) is 24.3 Å². The summed E-state index contributed by atoms with van der Waals surface area (Å²) in [4.78, 5) is 24.9. The maximum atomic E-state index is 12.5. The third-order valence-electron chi connectivity index (χ3n) is 3.34. The lowest BCUT2D eigenvalue weighted by atomic mass is 9.81. The summed E-state index contributed by atoms with van der Waals surface area (Å²) in [6, 6.07) is 5.13. The quantitative estimate of drug-likeness (QED) is 0.360. The number of phenols is 2. The number of carbonyl (C=O) groups excluding carboxylic acids is 2. The van der Waals surface area contributed by atoms with Crippen LogP contribution < -0.4 is 11.5 Å². The minimum Gasteiger partial charge on any atom is -0.507 e. The molecule has 2 aromatic carbocycles. The van der Waals surface area contributed by atoms with Crippen LogP contribution in [0.4, 0.5) is 11.4 Å². The highest BCUT2D eigenvalue weighted by atomic mass is 79.9.